The summed E-state index contributed by atoms with van der Waals surface area (Å²) in [6.07, 6.45) is -3.67. The largest absolute Gasteiger partial charge is 0.417 e. The van der Waals surface area contributed by atoms with Crippen LogP contribution in [0.15, 0.2) is 18.2 Å². The Morgan fingerprint density at radius 3 is 2.44 bits per heavy atom. The summed E-state index contributed by atoms with van der Waals surface area (Å²) in [6, 6.07) is 3.64. The first-order valence-corrected chi connectivity index (χ1v) is 5.32. The number of rotatable bonds is 2. The van der Waals surface area contributed by atoms with Crippen molar-refractivity contribution in [3.05, 3.63) is 34.3 Å². The lowest BCUT2D eigenvalue weighted by atomic mass is 10.0. The van der Waals surface area contributed by atoms with Crippen LogP contribution in [0, 0.1) is 5.92 Å². The van der Waals surface area contributed by atoms with Crippen LogP contribution in [0.2, 0.25) is 5.02 Å². The van der Waals surface area contributed by atoms with E-state index in [1.165, 1.54) is 12.1 Å². The predicted octanol–water partition coefficient (Wildman–Crippen LogP) is 3.80. The summed E-state index contributed by atoms with van der Waals surface area (Å²) in [5.41, 5.74) is -0.703. The highest BCUT2D eigenvalue weighted by atomic mass is 35.5. The van der Waals surface area contributed by atoms with Crippen LogP contribution < -0.4 is 0 Å². The van der Waals surface area contributed by atoms with E-state index in [2.05, 4.69) is 0 Å². The Hall–Kier alpha value is -0.740. The molecule has 1 nitrogen and oxygen atoms in total. The average Bonchev–Trinajstić information content (AvgIpc) is 2.98. The summed E-state index contributed by atoms with van der Waals surface area (Å²) in [4.78, 5) is 0. The third-order valence-corrected chi connectivity index (χ3v) is 3.14. The lowest BCUT2D eigenvalue weighted by molar-refractivity contribution is -0.137. The molecule has 0 bridgehead atoms. The second kappa shape index (κ2) is 3.93. The fourth-order valence-electron chi connectivity index (χ4n) is 1.66. The monoisotopic (exact) mass is 250 g/mol. The summed E-state index contributed by atoms with van der Waals surface area (Å²) in [6.45, 7) is 0. The molecule has 1 aromatic carbocycles. The van der Waals surface area contributed by atoms with Gasteiger partial charge in [-0.25, -0.2) is 0 Å². The highest BCUT2D eigenvalue weighted by molar-refractivity contribution is 6.32. The number of hydrogen-bond donors (Lipinski definition) is 1. The summed E-state index contributed by atoms with van der Waals surface area (Å²) < 4.78 is 37.6. The van der Waals surface area contributed by atoms with Crippen LogP contribution in [0.3, 0.4) is 0 Å². The molecule has 88 valence electrons. The van der Waals surface area contributed by atoms with E-state index in [1.54, 1.807) is 0 Å². The fourth-order valence-corrected chi connectivity index (χ4v) is 2.01. The number of aliphatic hydroxyl groups excluding tert-OH is 1. The highest BCUT2D eigenvalue weighted by Crippen LogP contribution is 2.45. The van der Waals surface area contributed by atoms with Gasteiger partial charge in [0, 0.05) is 0 Å². The molecule has 0 aromatic heterocycles. The first-order chi connectivity index (χ1) is 7.41. The molecule has 0 saturated heterocycles. The molecule has 1 aliphatic carbocycles. The van der Waals surface area contributed by atoms with Crippen molar-refractivity contribution in [3.63, 3.8) is 0 Å². The summed E-state index contributed by atoms with van der Waals surface area (Å²) >= 11 is 5.68. The van der Waals surface area contributed by atoms with Crippen molar-refractivity contribution in [2.24, 2.45) is 5.92 Å². The van der Waals surface area contributed by atoms with E-state index in [-0.39, 0.29) is 16.5 Å². The first kappa shape index (κ1) is 11.7. The Morgan fingerprint density at radius 2 is 1.94 bits per heavy atom. The minimum atomic E-state index is -4.48. The Bertz CT molecular complexity index is 399. The fraction of sp³-hybridized carbons (Fsp3) is 0.455. The van der Waals surface area contributed by atoms with Crippen molar-refractivity contribution < 1.29 is 18.3 Å². The molecule has 5 heteroatoms. The average molecular weight is 251 g/mol. The molecule has 16 heavy (non-hydrogen) atoms. The topological polar surface area (TPSA) is 20.2 Å². The van der Waals surface area contributed by atoms with Gasteiger partial charge in [0.15, 0.2) is 0 Å². The smallest absolute Gasteiger partial charge is 0.388 e. The lowest BCUT2D eigenvalue weighted by Crippen LogP contribution is -2.09. The van der Waals surface area contributed by atoms with Crippen LogP contribution in [-0.4, -0.2) is 5.11 Å². The molecule has 0 radical (unpaired) electrons. The van der Waals surface area contributed by atoms with Gasteiger partial charge in [-0.3, -0.25) is 0 Å². The van der Waals surface area contributed by atoms with E-state index in [0.29, 0.717) is 0 Å². The van der Waals surface area contributed by atoms with Crippen LogP contribution in [0.1, 0.15) is 30.1 Å². The molecule has 0 spiro atoms. The summed E-state index contributed by atoms with van der Waals surface area (Å²) in [5.74, 6) is 0.0565. The van der Waals surface area contributed by atoms with Crippen molar-refractivity contribution in [2.75, 3.05) is 0 Å². The predicted molar refractivity (Wildman–Crippen MR) is 54.1 cm³/mol. The zero-order chi connectivity index (χ0) is 11.9. The molecule has 0 amide bonds. The molecule has 2 rings (SSSR count). The normalized spacial score (nSPS) is 18.6. The summed E-state index contributed by atoms with van der Waals surface area (Å²) in [7, 11) is 0. The van der Waals surface area contributed by atoms with Gasteiger partial charge < -0.3 is 5.11 Å². The molecule has 1 fully saturated rings. The van der Waals surface area contributed by atoms with Crippen LogP contribution >= 0.6 is 11.6 Å². The molecule has 1 atom stereocenters. The number of aliphatic hydroxyl groups is 1. The molecule has 0 aliphatic heterocycles. The molecule has 1 aromatic rings. The van der Waals surface area contributed by atoms with Crippen LogP contribution in [0.4, 0.5) is 13.2 Å². The second-order valence-electron chi connectivity index (χ2n) is 3.99. The molecule has 1 unspecified atom stereocenters. The van der Waals surface area contributed by atoms with Gasteiger partial charge in [-0.1, -0.05) is 23.7 Å². The van der Waals surface area contributed by atoms with Crippen molar-refractivity contribution in [1.82, 2.24) is 0 Å². The molecule has 1 N–H and O–H groups in total. The maximum atomic E-state index is 12.5. The SMILES string of the molecule is OC(c1cccc(C(F)(F)F)c1Cl)C1CC1. The van der Waals surface area contributed by atoms with Gasteiger partial charge in [-0.2, -0.15) is 13.2 Å². The van der Waals surface area contributed by atoms with Crippen molar-refractivity contribution in [1.29, 1.82) is 0 Å². The van der Waals surface area contributed by atoms with Gasteiger partial charge in [0.25, 0.3) is 0 Å². The van der Waals surface area contributed by atoms with Crippen molar-refractivity contribution >= 4 is 11.6 Å². The second-order valence-corrected chi connectivity index (χ2v) is 4.37. The van der Waals surface area contributed by atoms with Crippen LogP contribution in [0.25, 0.3) is 0 Å². The van der Waals surface area contributed by atoms with E-state index in [1.807, 2.05) is 0 Å². The molecule has 1 aliphatic rings. The standard InChI is InChI=1S/C11H10ClF3O/c12-9-7(10(16)6-4-5-6)2-1-3-8(9)11(13,14)15/h1-3,6,10,16H,4-5H2. The van der Waals surface area contributed by atoms with E-state index < -0.39 is 17.8 Å². The third-order valence-electron chi connectivity index (χ3n) is 2.72. The van der Waals surface area contributed by atoms with Gasteiger partial charge >= 0.3 is 6.18 Å². The zero-order valence-electron chi connectivity index (χ0n) is 8.26. The Balaban J connectivity index is 2.39. The van der Waals surface area contributed by atoms with Gasteiger partial charge in [0.05, 0.1) is 16.7 Å². The van der Waals surface area contributed by atoms with Crippen LogP contribution in [-0.2, 0) is 6.18 Å². The van der Waals surface area contributed by atoms with Crippen LogP contribution in [0.5, 0.6) is 0 Å². The Kier molecular flexibility index (Phi) is 2.88. The minimum absolute atomic E-state index is 0.0565. The molecular weight excluding hydrogens is 241 g/mol. The van der Waals surface area contributed by atoms with Crippen molar-refractivity contribution in [3.8, 4) is 0 Å². The molecule has 0 heterocycles. The quantitative estimate of drug-likeness (QED) is 0.846. The number of hydrogen-bond acceptors (Lipinski definition) is 1. The van der Waals surface area contributed by atoms with Crippen molar-refractivity contribution in [2.45, 2.75) is 25.1 Å². The first-order valence-electron chi connectivity index (χ1n) is 4.95. The zero-order valence-corrected chi connectivity index (χ0v) is 9.02. The number of halogens is 4. The molecular formula is C11H10ClF3O. The molecule has 1 saturated carbocycles. The highest BCUT2D eigenvalue weighted by Gasteiger charge is 2.37. The number of alkyl halides is 3. The van der Waals surface area contributed by atoms with Gasteiger partial charge in [0.2, 0.25) is 0 Å². The van der Waals surface area contributed by atoms with Gasteiger partial charge in [-0.15, -0.1) is 0 Å². The maximum Gasteiger partial charge on any atom is 0.417 e. The van der Waals surface area contributed by atoms with E-state index in [9.17, 15) is 18.3 Å². The third kappa shape index (κ3) is 2.18. The Morgan fingerprint density at radius 1 is 1.31 bits per heavy atom. The van der Waals surface area contributed by atoms with Gasteiger partial charge in [-0.05, 0) is 30.4 Å². The van der Waals surface area contributed by atoms with E-state index >= 15 is 0 Å². The van der Waals surface area contributed by atoms with E-state index in [0.717, 1.165) is 18.9 Å². The van der Waals surface area contributed by atoms with E-state index in [4.69, 9.17) is 11.6 Å². The lowest BCUT2D eigenvalue weighted by Gasteiger charge is -2.15. The van der Waals surface area contributed by atoms with Gasteiger partial charge in [0.1, 0.15) is 0 Å². The maximum absolute atomic E-state index is 12.5. The minimum Gasteiger partial charge on any atom is -0.388 e. The number of benzene rings is 1. The summed E-state index contributed by atoms with van der Waals surface area (Å²) in [5, 5.41) is 9.40. The Labute approximate surface area is 95.8 Å².